The number of aromatic nitrogens is 1. The van der Waals surface area contributed by atoms with Crippen molar-refractivity contribution in [1.82, 2.24) is 20.9 Å². The number of halogens is 5. The van der Waals surface area contributed by atoms with E-state index in [0.29, 0.717) is 18.7 Å². The molecule has 7 nitrogen and oxygen atoms in total. The van der Waals surface area contributed by atoms with E-state index in [4.69, 9.17) is 0 Å². The molecule has 1 saturated heterocycles. The van der Waals surface area contributed by atoms with Crippen LogP contribution in [0.25, 0.3) is 0 Å². The van der Waals surface area contributed by atoms with Crippen LogP contribution in [0.2, 0.25) is 0 Å². The molecule has 4 N–H and O–H groups in total. The minimum atomic E-state index is -4.55. The Morgan fingerprint density at radius 3 is 2.71 bits per heavy atom. The van der Waals surface area contributed by atoms with Crippen LogP contribution < -0.4 is 16.0 Å². The van der Waals surface area contributed by atoms with Crippen LogP contribution in [0.3, 0.4) is 0 Å². The summed E-state index contributed by atoms with van der Waals surface area (Å²) in [4.78, 5) is 28.4. The summed E-state index contributed by atoms with van der Waals surface area (Å²) in [5.74, 6) is -4.59. The fourth-order valence-electron chi connectivity index (χ4n) is 4.11. The Hall–Kier alpha value is -2.60. The van der Waals surface area contributed by atoms with Crippen LogP contribution in [0.15, 0.2) is 23.4 Å². The average molecular weight is 448 g/mol. The van der Waals surface area contributed by atoms with E-state index in [1.54, 1.807) is 0 Å². The van der Waals surface area contributed by atoms with E-state index in [0.717, 1.165) is 0 Å². The standard InChI is InChI=1S/C19H21F5N4O3/c1-8-10(18(31)28-12-2-3-25-17(15(8)12)19(22,23)24)5-14(30)27-13(7-29)16-11(21)4-9(20)6-26-16/h4,6,12-13,15,17,25,29H,2-3,5,7H2,1H3,(H,27,30)(H,28,31)/t12?,13-,15?,17?/m0/s1. The van der Waals surface area contributed by atoms with Crippen molar-refractivity contribution in [2.24, 2.45) is 5.92 Å². The second-order valence-corrected chi connectivity index (χ2v) is 7.53. The lowest BCUT2D eigenvalue weighted by atomic mass is 9.75. The van der Waals surface area contributed by atoms with Crippen molar-refractivity contribution in [3.63, 3.8) is 0 Å². The molecule has 2 aliphatic heterocycles. The summed E-state index contributed by atoms with van der Waals surface area (Å²) in [6, 6.07) is -3.37. The second kappa shape index (κ2) is 8.87. The molecule has 12 heteroatoms. The van der Waals surface area contributed by atoms with E-state index in [2.05, 4.69) is 20.9 Å². The highest BCUT2D eigenvalue weighted by atomic mass is 19.4. The van der Waals surface area contributed by atoms with Crippen molar-refractivity contribution >= 4 is 11.8 Å². The molecular formula is C19H21F5N4O3. The Labute approximate surface area is 174 Å². The van der Waals surface area contributed by atoms with Gasteiger partial charge in [-0.25, -0.2) is 8.78 Å². The molecule has 4 atom stereocenters. The molecule has 0 saturated carbocycles. The van der Waals surface area contributed by atoms with Crippen LogP contribution in [-0.2, 0) is 9.59 Å². The van der Waals surface area contributed by atoms with Crippen molar-refractivity contribution in [3.05, 3.63) is 40.7 Å². The molecule has 0 radical (unpaired) electrons. The van der Waals surface area contributed by atoms with Crippen molar-refractivity contribution in [1.29, 1.82) is 0 Å². The first-order valence-electron chi connectivity index (χ1n) is 9.54. The fraction of sp³-hybridized carbons (Fsp3) is 0.526. The number of fused-ring (bicyclic) bond motifs is 1. The summed E-state index contributed by atoms with van der Waals surface area (Å²) in [6.45, 7) is 0.703. The van der Waals surface area contributed by atoms with Gasteiger partial charge in [0.15, 0.2) is 0 Å². The Kier molecular flexibility index (Phi) is 6.60. The van der Waals surface area contributed by atoms with Gasteiger partial charge in [0, 0.05) is 23.6 Å². The Morgan fingerprint density at radius 2 is 2.10 bits per heavy atom. The van der Waals surface area contributed by atoms with Gasteiger partial charge in [-0.05, 0) is 19.9 Å². The molecule has 3 rings (SSSR count). The van der Waals surface area contributed by atoms with E-state index in [1.807, 2.05) is 0 Å². The number of amides is 2. The Balaban J connectivity index is 1.81. The predicted octanol–water partition coefficient (Wildman–Crippen LogP) is 1.25. The molecule has 0 bridgehead atoms. The van der Waals surface area contributed by atoms with Crippen molar-refractivity contribution in [3.8, 4) is 0 Å². The third-order valence-electron chi connectivity index (χ3n) is 5.55. The zero-order valence-electron chi connectivity index (χ0n) is 16.4. The monoisotopic (exact) mass is 448 g/mol. The predicted molar refractivity (Wildman–Crippen MR) is 97.3 cm³/mol. The van der Waals surface area contributed by atoms with Crippen LogP contribution in [0, 0.1) is 17.6 Å². The molecule has 2 aliphatic rings. The average Bonchev–Trinajstić information content (AvgIpc) is 2.68. The van der Waals surface area contributed by atoms with E-state index >= 15 is 0 Å². The number of hydrogen-bond acceptors (Lipinski definition) is 5. The molecule has 1 aromatic heterocycles. The van der Waals surface area contributed by atoms with Gasteiger partial charge < -0.3 is 21.1 Å². The lowest BCUT2D eigenvalue weighted by Crippen LogP contribution is -2.62. The number of aliphatic hydroxyl groups is 1. The summed E-state index contributed by atoms with van der Waals surface area (Å²) in [6.07, 6.45) is -4.11. The SMILES string of the molecule is CC1=C(CC(=O)N[C@@H](CO)c2ncc(F)cc2F)C(=O)NC2CCNC(C(F)(F)F)C12. The van der Waals surface area contributed by atoms with Gasteiger partial charge in [0.05, 0.1) is 25.3 Å². The summed E-state index contributed by atoms with van der Waals surface area (Å²) in [7, 11) is 0. The molecule has 0 aliphatic carbocycles. The fourth-order valence-corrected chi connectivity index (χ4v) is 4.11. The normalized spacial score (nSPS) is 25.0. The number of nitrogens with one attached hydrogen (secondary N) is 3. The molecule has 3 unspecified atom stereocenters. The van der Waals surface area contributed by atoms with Crippen LogP contribution in [0.1, 0.15) is 31.5 Å². The number of piperidine rings is 1. The first-order chi connectivity index (χ1) is 14.5. The van der Waals surface area contributed by atoms with Crippen LogP contribution in [0.5, 0.6) is 0 Å². The highest BCUT2D eigenvalue weighted by molar-refractivity contribution is 6.00. The zero-order chi connectivity index (χ0) is 22.9. The van der Waals surface area contributed by atoms with Crippen molar-refractivity contribution in [2.45, 2.75) is 44.1 Å². The third-order valence-corrected chi connectivity index (χ3v) is 5.55. The van der Waals surface area contributed by atoms with Crippen LogP contribution in [0.4, 0.5) is 22.0 Å². The zero-order valence-corrected chi connectivity index (χ0v) is 16.4. The minimum absolute atomic E-state index is 0.0864. The number of hydrogen-bond donors (Lipinski definition) is 4. The number of carbonyl (C=O) groups excluding carboxylic acids is 2. The van der Waals surface area contributed by atoms with Gasteiger partial charge in [0.25, 0.3) is 0 Å². The highest BCUT2D eigenvalue weighted by Crippen LogP contribution is 2.38. The van der Waals surface area contributed by atoms with Gasteiger partial charge in [0.2, 0.25) is 11.8 Å². The highest BCUT2D eigenvalue weighted by Gasteiger charge is 2.52. The summed E-state index contributed by atoms with van der Waals surface area (Å²) < 4.78 is 67.4. The smallest absolute Gasteiger partial charge is 0.394 e. The van der Waals surface area contributed by atoms with Crippen LogP contribution >= 0.6 is 0 Å². The van der Waals surface area contributed by atoms with Crippen LogP contribution in [-0.4, -0.2) is 53.3 Å². The minimum Gasteiger partial charge on any atom is -0.394 e. The topological polar surface area (TPSA) is 103 Å². The maximum Gasteiger partial charge on any atom is 0.404 e. The quantitative estimate of drug-likeness (QED) is 0.508. The number of carbonyl (C=O) groups is 2. The lowest BCUT2D eigenvalue weighted by Gasteiger charge is -2.44. The van der Waals surface area contributed by atoms with Gasteiger partial charge in [-0.1, -0.05) is 5.57 Å². The largest absolute Gasteiger partial charge is 0.404 e. The summed E-state index contributed by atoms with van der Waals surface area (Å²) in [5.41, 5.74) is -0.393. The summed E-state index contributed by atoms with van der Waals surface area (Å²) >= 11 is 0. The molecule has 2 amide bonds. The maximum atomic E-state index is 13.9. The number of aliphatic hydroxyl groups excluding tert-OH is 1. The van der Waals surface area contributed by atoms with E-state index in [1.165, 1.54) is 6.92 Å². The molecular weight excluding hydrogens is 427 g/mol. The molecule has 170 valence electrons. The summed E-state index contributed by atoms with van der Waals surface area (Å²) in [5, 5.41) is 16.7. The number of alkyl halides is 3. The van der Waals surface area contributed by atoms with Gasteiger partial charge in [-0.15, -0.1) is 0 Å². The molecule has 31 heavy (non-hydrogen) atoms. The van der Waals surface area contributed by atoms with E-state index in [-0.39, 0.29) is 17.7 Å². The van der Waals surface area contributed by atoms with E-state index < -0.39 is 72.4 Å². The van der Waals surface area contributed by atoms with Crippen molar-refractivity contribution in [2.75, 3.05) is 13.2 Å². The number of rotatable bonds is 5. The molecule has 1 fully saturated rings. The molecule has 0 aromatic carbocycles. The Morgan fingerprint density at radius 1 is 1.39 bits per heavy atom. The first-order valence-corrected chi connectivity index (χ1v) is 9.54. The van der Waals surface area contributed by atoms with Crippen molar-refractivity contribution < 1.29 is 36.6 Å². The second-order valence-electron chi connectivity index (χ2n) is 7.53. The van der Waals surface area contributed by atoms with Gasteiger partial charge >= 0.3 is 6.18 Å². The van der Waals surface area contributed by atoms with Gasteiger partial charge in [0.1, 0.15) is 23.4 Å². The number of pyridine rings is 1. The molecule has 3 heterocycles. The first kappa shape index (κ1) is 23.1. The van der Waals surface area contributed by atoms with E-state index in [9.17, 15) is 36.6 Å². The third kappa shape index (κ3) is 4.85. The molecule has 0 spiro atoms. The molecule has 1 aromatic rings. The number of nitrogens with zero attached hydrogens (tertiary/aromatic N) is 1. The van der Waals surface area contributed by atoms with Gasteiger partial charge in [-0.2, -0.15) is 13.2 Å². The lowest BCUT2D eigenvalue weighted by molar-refractivity contribution is -0.172. The maximum absolute atomic E-state index is 13.9. The van der Waals surface area contributed by atoms with Gasteiger partial charge in [-0.3, -0.25) is 14.6 Å². The Bertz CT molecular complexity index is 905.